The number of pyridine rings is 1. The Morgan fingerprint density at radius 3 is 2.87 bits per heavy atom. The van der Waals surface area contributed by atoms with Crippen LogP contribution in [0.2, 0.25) is 0 Å². The quantitative estimate of drug-likeness (QED) is 0.395. The molecule has 1 amide bonds. The SMILES string of the molecule is CCc1cc(NC(C)CCCC#N)ccc1-c1cc(NC(=O)C2CC2)nc2[nH]ccc12. The van der Waals surface area contributed by atoms with E-state index in [-0.39, 0.29) is 11.8 Å². The topological polar surface area (TPSA) is 93.6 Å². The molecule has 0 radical (unpaired) electrons. The minimum atomic E-state index is 0.0602. The fourth-order valence-electron chi connectivity index (χ4n) is 3.98. The average molecular weight is 416 g/mol. The summed E-state index contributed by atoms with van der Waals surface area (Å²) in [6, 6.07) is 13.0. The van der Waals surface area contributed by atoms with Crippen molar-refractivity contribution in [3.63, 3.8) is 0 Å². The van der Waals surface area contributed by atoms with Gasteiger partial charge in [0, 0.05) is 35.7 Å². The Hall–Kier alpha value is -3.33. The molecule has 3 N–H and O–H groups in total. The van der Waals surface area contributed by atoms with E-state index in [0.29, 0.717) is 18.3 Å². The van der Waals surface area contributed by atoms with E-state index in [4.69, 9.17) is 5.26 Å². The van der Waals surface area contributed by atoms with Crippen molar-refractivity contribution >= 4 is 28.4 Å². The second-order valence-corrected chi connectivity index (χ2v) is 8.38. The molecule has 4 rings (SSSR count). The number of H-pyrrole nitrogens is 1. The minimum absolute atomic E-state index is 0.0602. The van der Waals surface area contributed by atoms with E-state index < -0.39 is 0 Å². The Bertz CT molecular complexity index is 1120. The number of carbonyl (C=O) groups is 1. The van der Waals surface area contributed by atoms with Crippen molar-refractivity contribution in [3.05, 3.63) is 42.1 Å². The summed E-state index contributed by atoms with van der Waals surface area (Å²) in [4.78, 5) is 20.1. The molecule has 160 valence electrons. The Morgan fingerprint density at radius 1 is 1.29 bits per heavy atom. The number of nitriles is 1. The number of anilines is 2. The van der Waals surface area contributed by atoms with Crippen molar-refractivity contribution in [2.24, 2.45) is 5.92 Å². The lowest BCUT2D eigenvalue weighted by Gasteiger charge is -2.18. The lowest BCUT2D eigenvalue weighted by Crippen LogP contribution is -2.15. The van der Waals surface area contributed by atoms with Gasteiger partial charge in [-0.05, 0) is 80.0 Å². The number of amides is 1. The highest BCUT2D eigenvalue weighted by Gasteiger charge is 2.30. The maximum Gasteiger partial charge on any atom is 0.228 e. The minimum Gasteiger partial charge on any atom is -0.383 e. The van der Waals surface area contributed by atoms with Crippen LogP contribution in [-0.2, 0) is 11.2 Å². The van der Waals surface area contributed by atoms with Crippen LogP contribution >= 0.6 is 0 Å². The first-order chi connectivity index (χ1) is 15.1. The first-order valence-electron chi connectivity index (χ1n) is 11.1. The maximum absolute atomic E-state index is 12.3. The van der Waals surface area contributed by atoms with E-state index in [1.165, 1.54) is 5.56 Å². The lowest BCUT2D eigenvalue weighted by atomic mass is 9.95. The van der Waals surface area contributed by atoms with Crippen LogP contribution in [0.15, 0.2) is 36.5 Å². The first kappa shape index (κ1) is 20.9. The van der Waals surface area contributed by atoms with Crippen LogP contribution in [0.1, 0.15) is 51.5 Å². The van der Waals surface area contributed by atoms with E-state index in [1.54, 1.807) is 0 Å². The van der Waals surface area contributed by atoms with Gasteiger partial charge in [0.05, 0.1) is 6.07 Å². The summed E-state index contributed by atoms with van der Waals surface area (Å²) in [6.45, 7) is 4.31. The molecule has 3 aromatic rings. The smallest absolute Gasteiger partial charge is 0.228 e. The highest BCUT2D eigenvalue weighted by molar-refractivity contribution is 5.99. The number of nitrogens with one attached hydrogen (secondary N) is 3. The standard InChI is InChI=1S/C25H29N5O/c1-3-17-14-19(28-16(2)6-4-5-12-26)9-10-20(17)22-15-23(30-25(31)18-7-8-18)29-24-21(22)11-13-27-24/h9-11,13-16,18,28H,3-8H2,1-2H3,(H2,27,29,30,31). The van der Waals surface area contributed by atoms with E-state index in [2.05, 4.69) is 58.7 Å². The molecule has 0 saturated heterocycles. The number of carbonyl (C=O) groups excluding carboxylic acids is 1. The van der Waals surface area contributed by atoms with Crippen molar-refractivity contribution < 1.29 is 4.79 Å². The highest BCUT2D eigenvalue weighted by atomic mass is 16.2. The molecule has 1 aromatic carbocycles. The van der Waals surface area contributed by atoms with Crippen molar-refractivity contribution in [2.75, 3.05) is 10.6 Å². The van der Waals surface area contributed by atoms with Gasteiger partial charge < -0.3 is 15.6 Å². The molecule has 1 saturated carbocycles. The third-order valence-electron chi connectivity index (χ3n) is 5.84. The predicted molar refractivity (Wildman–Crippen MR) is 125 cm³/mol. The van der Waals surface area contributed by atoms with Crippen LogP contribution in [0.3, 0.4) is 0 Å². The number of hydrogen-bond donors (Lipinski definition) is 3. The number of fused-ring (bicyclic) bond motifs is 1. The van der Waals surface area contributed by atoms with Crippen LogP contribution in [0.4, 0.5) is 11.5 Å². The number of hydrogen-bond acceptors (Lipinski definition) is 4. The summed E-state index contributed by atoms with van der Waals surface area (Å²) in [7, 11) is 0. The van der Waals surface area contributed by atoms with Gasteiger partial charge in [0.2, 0.25) is 5.91 Å². The van der Waals surface area contributed by atoms with Crippen molar-refractivity contribution in [3.8, 4) is 17.2 Å². The third kappa shape index (κ3) is 4.88. The van der Waals surface area contributed by atoms with Crippen LogP contribution in [0, 0.1) is 17.2 Å². The molecule has 1 aliphatic rings. The second kappa shape index (κ2) is 9.22. The zero-order chi connectivity index (χ0) is 21.8. The molecular formula is C25H29N5O. The zero-order valence-electron chi connectivity index (χ0n) is 18.2. The van der Waals surface area contributed by atoms with Gasteiger partial charge in [-0.15, -0.1) is 0 Å². The van der Waals surface area contributed by atoms with Crippen LogP contribution in [-0.4, -0.2) is 21.9 Å². The number of aryl methyl sites for hydroxylation is 1. The molecule has 6 nitrogen and oxygen atoms in total. The molecule has 1 fully saturated rings. The first-order valence-corrected chi connectivity index (χ1v) is 11.1. The van der Waals surface area contributed by atoms with Gasteiger partial charge >= 0.3 is 0 Å². The average Bonchev–Trinajstić information content (AvgIpc) is 3.51. The molecule has 1 aliphatic carbocycles. The predicted octanol–water partition coefficient (Wildman–Crippen LogP) is 5.64. The Kier molecular flexibility index (Phi) is 6.22. The maximum atomic E-state index is 12.3. The van der Waals surface area contributed by atoms with Gasteiger partial charge in [0.1, 0.15) is 11.5 Å². The Balaban J connectivity index is 1.62. The normalized spacial score (nSPS) is 14.2. The molecule has 1 atom stereocenters. The number of benzene rings is 1. The molecule has 1 unspecified atom stereocenters. The van der Waals surface area contributed by atoms with Gasteiger partial charge in [-0.3, -0.25) is 4.79 Å². The van der Waals surface area contributed by atoms with Gasteiger partial charge in [0.25, 0.3) is 0 Å². The molecule has 2 aromatic heterocycles. The molecule has 0 aliphatic heterocycles. The van der Waals surface area contributed by atoms with Crippen molar-refractivity contribution in [2.45, 2.75) is 58.4 Å². The van der Waals surface area contributed by atoms with Crippen LogP contribution in [0.25, 0.3) is 22.2 Å². The van der Waals surface area contributed by atoms with Crippen molar-refractivity contribution in [1.82, 2.24) is 9.97 Å². The number of nitrogens with zero attached hydrogens (tertiary/aromatic N) is 2. The Morgan fingerprint density at radius 2 is 2.13 bits per heavy atom. The Labute approximate surface area is 183 Å². The molecule has 0 spiro atoms. The largest absolute Gasteiger partial charge is 0.383 e. The summed E-state index contributed by atoms with van der Waals surface area (Å²) in [6.07, 6.45) is 7.18. The monoisotopic (exact) mass is 415 g/mol. The molecule has 6 heteroatoms. The fourth-order valence-corrected chi connectivity index (χ4v) is 3.98. The van der Waals surface area contributed by atoms with E-state index >= 15 is 0 Å². The van der Waals surface area contributed by atoms with Crippen LogP contribution in [0.5, 0.6) is 0 Å². The van der Waals surface area contributed by atoms with E-state index in [9.17, 15) is 4.79 Å². The summed E-state index contributed by atoms with van der Waals surface area (Å²) in [5.74, 6) is 0.790. The van der Waals surface area contributed by atoms with Crippen LogP contribution < -0.4 is 10.6 Å². The van der Waals surface area contributed by atoms with Gasteiger partial charge in [-0.25, -0.2) is 4.98 Å². The third-order valence-corrected chi connectivity index (χ3v) is 5.84. The summed E-state index contributed by atoms with van der Waals surface area (Å²) in [5.41, 5.74) is 5.33. The molecule has 0 bridgehead atoms. The number of rotatable bonds is 9. The van der Waals surface area contributed by atoms with E-state index in [0.717, 1.165) is 60.0 Å². The molecule has 31 heavy (non-hydrogen) atoms. The summed E-state index contributed by atoms with van der Waals surface area (Å²) >= 11 is 0. The summed E-state index contributed by atoms with van der Waals surface area (Å²) < 4.78 is 0. The van der Waals surface area contributed by atoms with Gasteiger partial charge in [-0.2, -0.15) is 5.26 Å². The van der Waals surface area contributed by atoms with Crippen molar-refractivity contribution in [1.29, 1.82) is 5.26 Å². The number of aromatic amines is 1. The molecular weight excluding hydrogens is 386 g/mol. The number of aromatic nitrogens is 2. The number of unbranched alkanes of at least 4 members (excludes halogenated alkanes) is 1. The van der Waals surface area contributed by atoms with E-state index in [1.807, 2.05) is 18.3 Å². The highest BCUT2D eigenvalue weighted by Crippen LogP contribution is 2.35. The van der Waals surface area contributed by atoms with Gasteiger partial charge in [0.15, 0.2) is 0 Å². The molecule has 2 heterocycles. The zero-order valence-corrected chi connectivity index (χ0v) is 18.2. The second-order valence-electron chi connectivity index (χ2n) is 8.38. The summed E-state index contributed by atoms with van der Waals surface area (Å²) in [5, 5.41) is 16.3. The van der Waals surface area contributed by atoms with Gasteiger partial charge in [-0.1, -0.05) is 13.0 Å². The lowest BCUT2D eigenvalue weighted by molar-refractivity contribution is -0.117. The fraction of sp³-hybridized carbons (Fsp3) is 0.400.